The molecule has 0 spiro atoms. The van der Waals surface area contributed by atoms with Gasteiger partial charge in [0.25, 0.3) is 0 Å². The van der Waals surface area contributed by atoms with Crippen molar-refractivity contribution in [3.05, 3.63) is 59.9 Å². The van der Waals surface area contributed by atoms with Crippen molar-refractivity contribution in [3.63, 3.8) is 0 Å². The van der Waals surface area contributed by atoms with E-state index >= 15 is 0 Å². The molecular formula is C17H12ClNO. The van der Waals surface area contributed by atoms with Crippen molar-refractivity contribution < 1.29 is 4.74 Å². The second-order valence-electron chi connectivity index (χ2n) is 4.99. The predicted octanol–water partition coefficient (Wildman–Crippen LogP) is 5.12. The van der Waals surface area contributed by atoms with Crippen LogP contribution in [0.2, 0.25) is 5.02 Å². The number of hydrogen-bond acceptors (Lipinski definition) is 1. The third-order valence-corrected chi connectivity index (χ3v) is 3.82. The summed E-state index contributed by atoms with van der Waals surface area (Å²) in [5.74, 6) is 1.72. The van der Waals surface area contributed by atoms with Crippen LogP contribution in [0.1, 0.15) is 0 Å². The summed E-state index contributed by atoms with van der Waals surface area (Å²) in [6.45, 7) is 0. The first-order chi connectivity index (χ1) is 9.72. The molecule has 2 nitrogen and oxygen atoms in total. The molecule has 3 heteroatoms. The van der Waals surface area contributed by atoms with Crippen LogP contribution in [-0.2, 0) is 7.05 Å². The number of nitrogens with zero attached hydrogens (tertiary/aromatic N) is 1. The lowest BCUT2D eigenvalue weighted by atomic mass is 9.99. The fraction of sp³-hybridized carbons (Fsp3) is 0.0588. The van der Waals surface area contributed by atoms with E-state index in [-0.39, 0.29) is 0 Å². The van der Waals surface area contributed by atoms with E-state index in [1.54, 1.807) is 0 Å². The molecule has 0 bridgehead atoms. The SMILES string of the molecule is Cn1cc2c(c1)-c1cc(Cl)ccc1Oc1ccccc1-2. The summed E-state index contributed by atoms with van der Waals surface area (Å²) >= 11 is 6.15. The Morgan fingerprint density at radius 2 is 1.55 bits per heavy atom. The largest absolute Gasteiger partial charge is 0.456 e. The summed E-state index contributed by atoms with van der Waals surface area (Å²) in [5.41, 5.74) is 4.46. The number of aryl methyl sites for hydroxylation is 1. The van der Waals surface area contributed by atoms with E-state index in [9.17, 15) is 0 Å². The Balaban J connectivity index is 2.11. The Bertz CT molecular complexity index is 820. The van der Waals surface area contributed by atoms with E-state index in [1.807, 2.05) is 43.4 Å². The van der Waals surface area contributed by atoms with Gasteiger partial charge in [-0.2, -0.15) is 0 Å². The molecule has 0 aliphatic carbocycles. The molecule has 98 valence electrons. The lowest BCUT2D eigenvalue weighted by Crippen LogP contribution is -1.87. The quantitative estimate of drug-likeness (QED) is 0.436. The standard InChI is InChI=1S/C17H12ClNO/c1-19-9-14-12-4-2-3-5-16(12)20-17-7-6-11(18)8-13(17)15(14)10-19/h2-10H,1H3. The number of hydrogen-bond donors (Lipinski definition) is 0. The number of ether oxygens (including phenoxy) is 1. The van der Waals surface area contributed by atoms with E-state index in [0.717, 1.165) is 28.2 Å². The second kappa shape index (κ2) is 4.15. The number of fused-ring (bicyclic) bond motifs is 5. The molecule has 0 fully saturated rings. The number of halogens is 1. The average molecular weight is 282 g/mol. The monoisotopic (exact) mass is 281 g/mol. The van der Waals surface area contributed by atoms with Crippen LogP contribution >= 0.6 is 11.6 Å². The second-order valence-corrected chi connectivity index (χ2v) is 5.43. The first kappa shape index (κ1) is 11.6. The molecule has 0 saturated carbocycles. The van der Waals surface area contributed by atoms with Crippen molar-refractivity contribution in [2.24, 2.45) is 7.05 Å². The molecule has 2 heterocycles. The van der Waals surface area contributed by atoms with Crippen molar-refractivity contribution in [2.75, 3.05) is 0 Å². The summed E-state index contributed by atoms with van der Waals surface area (Å²) in [6, 6.07) is 13.8. The smallest absolute Gasteiger partial charge is 0.135 e. The zero-order chi connectivity index (χ0) is 13.7. The summed E-state index contributed by atoms with van der Waals surface area (Å²) < 4.78 is 8.14. The van der Waals surface area contributed by atoms with Crippen LogP contribution in [0.5, 0.6) is 11.5 Å². The van der Waals surface area contributed by atoms with Gasteiger partial charge in [-0.15, -0.1) is 0 Å². The minimum absolute atomic E-state index is 0.716. The van der Waals surface area contributed by atoms with E-state index in [4.69, 9.17) is 16.3 Å². The molecule has 1 aliphatic rings. The molecule has 0 radical (unpaired) electrons. The Hall–Kier alpha value is -2.19. The van der Waals surface area contributed by atoms with Crippen LogP contribution in [0.4, 0.5) is 0 Å². The fourth-order valence-electron chi connectivity index (χ4n) is 2.71. The fourth-order valence-corrected chi connectivity index (χ4v) is 2.88. The Morgan fingerprint density at radius 3 is 2.40 bits per heavy atom. The van der Waals surface area contributed by atoms with Crippen molar-refractivity contribution in [3.8, 4) is 33.8 Å². The third-order valence-electron chi connectivity index (χ3n) is 3.58. The van der Waals surface area contributed by atoms with Gasteiger partial charge in [0.2, 0.25) is 0 Å². The lowest BCUT2D eigenvalue weighted by Gasteiger charge is -2.09. The van der Waals surface area contributed by atoms with Crippen LogP contribution < -0.4 is 4.74 Å². The van der Waals surface area contributed by atoms with Gasteiger partial charge in [-0.25, -0.2) is 0 Å². The summed E-state index contributed by atoms with van der Waals surface area (Å²) in [7, 11) is 2.03. The van der Waals surface area contributed by atoms with Crippen molar-refractivity contribution in [1.82, 2.24) is 4.57 Å². The minimum Gasteiger partial charge on any atom is -0.456 e. The van der Waals surface area contributed by atoms with Crippen LogP contribution in [-0.4, -0.2) is 4.57 Å². The number of aromatic nitrogens is 1. The first-order valence-electron chi connectivity index (χ1n) is 6.45. The van der Waals surface area contributed by atoms with Gasteiger partial charge in [-0.1, -0.05) is 29.8 Å². The topological polar surface area (TPSA) is 14.2 Å². The van der Waals surface area contributed by atoms with Gasteiger partial charge in [-0.05, 0) is 24.3 Å². The normalized spacial score (nSPS) is 11.9. The van der Waals surface area contributed by atoms with Crippen LogP contribution in [0, 0.1) is 0 Å². The van der Waals surface area contributed by atoms with Crippen molar-refractivity contribution in [1.29, 1.82) is 0 Å². The molecule has 3 aromatic rings. The van der Waals surface area contributed by atoms with Gasteiger partial charge >= 0.3 is 0 Å². The Kier molecular flexibility index (Phi) is 2.41. The van der Waals surface area contributed by atoms with Gasteiger partial charge in [0.1, 0.15) is 11.5 Å². The van der Waals surface area contributed by atoms with E-state index in [1.165, 1.54) is 5.56 Å². The number of benzene rings is 2. The molecule has 0 amide bonds. The van der Waals surface area contributed by atoms with E-state index < -0.39 is 0 Å². The molecule has 1 aliphatic heterocycles. The number of para-hydroxylation sites is 1. The van der Waals surface area contributed by atoms with Gasteiger partial charge < -0.3 is 9.30 Å². The minimum atomic E-state index is 0.716. The average Bonchev–Trinajstić information content (AvgIpc) is 2.78. The molecule has 1 aromatic heterocycles. The van der Waals surface area contributed by atoms with E-state index in [0.29, 0.717) is 5.02 Å². The highest BCUT2D eigenvalue weighted by molar-refractivity contribution is 6.31. The maximum atomic E-state index is 6.15. The molecule has 20 heavy (non-hydrogen) atoms. The third kappa shape index (κ3) is 1.65. The molecule has 2 aromatic carbocycles. The Morgan fingerprint density at radius 1 is 0.850 bits per heavy atom. The zero-order valence-corrected chi connectivity index (χ0v) is 11.7. The summed E-state index contributed by atoms with van der Waals surface area (Å²) in [5, 5.41) is 0.716. The first-order valence-corrected chi connectivity index (χ1v) is 6.83. The molecular weight excluding hydrogens is 270 g/mol. The predicted molar refractivity (Wildman–Crippen MR) is 81.4 cm³/mol. The van der Waals surface area contributed by atoms with Crippen molar-refractivity contribution >= 4 is 11.6 Å². The van der Waals surface area contributed by atoms with Crippen LogP contribution in [0.3, 0.4) is 0 Å². The van der Waals surface area contributed by atoms with Crippen molar-refractivity contribution in [2.45, 2.75) is 0 Å². The highest BCUT2D eigenvalue weighted by Gasteiger charge is 2.21. The highest BCUT2D eigenvalue weighted by atomic mass is 35.5. The van der Waals surface area contributed by atoms with Gasteiger partial charge in [0, 0.05) is 46.7 Å². The molecule has 0 saturated heterocycles. The van der Waals surface area contributed by atoms with Crippen LogP contribution in [0.25, 0.3) is 22.3 Å². The Labute approximate surface area is 122 Å². The maximum Gasteiger partial charge on any atom is 0.135 e. The molecule has 4 rings (SSSR count). The molecule has 0 atom stereocenters. The van der Waals surface area contributed by atoms with Gasteiger partial charge in [0.15, 0.2) is 0 Å². The lowest BCUT2D eigenvalue weighted by molar-refractivity contribution is 0.487. The van der Waals surface area contributed by atoms with Gasteiger partial charge in [-0.3, -0.25) is 0 Å². The number of rotatable bonds is 0. The highest BCUT2D eigenvalue weighted by Crippen LogP contribution is 2.47. The maximum absolute atomic E-state index is 6.15. The summed E-state index contributed by atoms with van der Waals surface area (Å²) in [4.78, 5) is 0. The zero-order valence-electron chi connectivity index (χ0n) is 10.9. The summed E-state index contributed by atoms with van der Waals surface area (Å²) in [6.07, 6.45) is 4.23. The van der Waals surface area contributed by atoms with Crippen LogP contribution in [0.15, 0.2) is 54.9 Å². The van der Waals surface area contributed by atoms with E-state index in [2.05, 4.69) is 23.0 Å². The molecule has 0 N–H and O–H groups in total. The molecule has 0 unspecified atom stereocenters. The van der Waals surface area contributed by atoms with Gasteiger partial charge in [0.05, 0.1) is 0 Å².